The molecule has 0 heterocycles. The largest absolute Gasteiger partial charge is 0.332 e. The monoisotopic (exact) mass is 287 g/mol. The van der Waals surface area contributed by atoms with Crippen LogP contribution in [0.1, 0.15) is 0 Å². The van der Waals surface area contributed by atoms with E-state index < -0.39 is 0 Å². The van der Waals surface area contributed by atoms with Gasteiger partial charge < -0.3 is 4.72 Å². The zero-order valence-electron chi connectivity index (χ0n) is 8.55. The van der Waals surface area contributed by atoms with E-state index in [1.165, 1.54) is 12.1 Å². The van der Waals surface area contributed by atoms with Crippen molar-refractivity contribution in [1.82, 2.24) is 0 Å². The Balaban J connectivity index is 2.55. The summed E-state index contributed by atoms with van der Waals surface area (Å²) in [6.07, 6.45) is 0. The van der Waals surface area contributed by atoms with Crippen molar-refractivity contribution < 1.29 is 4.39 Å². The minimum absolute atomic E-state index is 0.297. The van der Waals surface area contributed by atoms with Gasteiger partial charge in [0.15, 0.2) is 0 Å². The molecule has 0 radical (unpaired) electrons. The molecule has 1 N–H and O–H groups in total. The van der Waals surface area contributed by atoms with Crippen molar-refractivity contribution in [3.63, 3.8) is 0 Å². The molecule has 0 amide bonds. The molecule has 5 heteroatoms. The van der Waals surface area contributed by atoms with Crippen LogP contribution in [0.5, 0.6) is 0 Å². The molecule has 0 aliphatic carbocycles. The fraction of sp³-hybridized carbons (Fsp3) is 0. The summed E-state index contributed by atoms with van der Waals surface area (Å²) in [5.74, 6) is -0.297. The number of hydrogen-bond acceptors (Lipinski definition) is 2. The van der Waals surface area contributed by atoms with Crippen LogP contribution < -0.4 is 4.72 Å². The summed E-state index contributed by atoms with van der Waals surface area (Å²) in [5.41, 5.74) is 2.15. The third-order valence-electron chi connectivity index (χ3n) is 2.30. The van der Waals surface area contributed by atoms with Gasteiger partial charge in [-0.1, -0.05) is 48.1 Å². The first-order valence-electron chi connectivity index (χ1n) is 4.77. The zero-order valence-corrected chi connectivity index (χ0v) is 11.0. The average molecular weight is 288 g/mol. The highest BCUT2D eigenvalue weighted by atomic mass is 35.5. The molecule has 0 aliphatic heterocycles. The summed E-state index contributed by atoms with van der Waals surface area (Å²) >= 11 is 16.2. The minimum Gasteiger partial charge on any atom is -0.332 e. The van der Waals surface area contributed by atoms with E-state index in [0.29, 0.717) is 21.3 Å². The number of hydrogen-bond donors (Lipinski definition) is 2. The summed E-state index contributed by atoms with van der Waals surface area (Å²) in [4.78, 5) is 0. The molecule has 0 saturated heterocycles. The molecule has 0 fully saturated rings. The third-order valence-corrected chi connectivity index (χ3v) is 3.16. The molecule has 0 bridgehead atoms. The summed E-state index contributed by atoms with van der Waals surface area (Å²) in [6, 6.07) is 9.42. The summed E-state index contributed by atoms with van der Waals surface area (Å²) in [6.45, 7) is 0. The van der Waals surface area contributed by atoms with Gasteiger partial charge in [0.05, 0.1) is 10.0 Å². The van der Waals surface area contributed by atoms with Gasteiger partial charge in [-0.3, -0.25) is 0 Å². The number of thiol groups is 1. The molecule has 0 spiro atoms. The normalized spacial score (nSPS) is 10.4. The molecular formula is C12H8Cl2FNS. The quantitative estimate of drug-likeness (QED) is 0.736. The van der Waals surface area contributed by atoms with E-state index in [-0.39, 0.29) is 5.82 Å². The van der Waals surface area contributed by atoms with Crippen molar-refractivity contribution in [1.29, 1.82) is 0 Å². The van der Waals surface area contributed by atoms with E-state index in [0.717, 1.165) is 5.56 Å². The van der Waals surface area contributed by atoms with Gasteiger partial charge in [-0.05, 0) is 29.8 Å². The van der Waals surface area contributed by atoms with E-state index in [1.807, 2.05) is 0 Å². The Morgan fingerprint density at radius 1 is 1.00 bits per heavy atom. The fourth-order valence-corrected chi connectivity index (χ4v) is 2.36. The molecule has 17 heavy (non-hydrogen) atoms. The van der Waals surface area contributed by atoms with Gasteiger partial charge in [-0.25, -0.2) is 4.39 Å². The van der Waals surface area contributed by atoms with Crippen LogP contribution in [0.3, 0.4) is 0 Å². The molecule has 88 valence electrons. The van der Waals surface area contributed by atoms with Crippen LogP contribution in [-0.2, 0) is 0 Å². The molecule has 0 unspecified atom stereocenters. The number of rotatable bonds is 2. The van der Waals surface area contributed by atoms with Gasteiger partial charge in [0, 0.05) is 11.3 Å². The van der Waals surface area contributed by atoms with E-state index >= 15 is 0 Å². The van der Waals surface area contributed by atoms with Crippen molar-refractivity contribution in [3.05, 3.63) is 52.3 Å². The van der Waals surface area contributed by atoms with Crippen LogP contribution in [0.25, 0.3) is 11.1 Å². The second kappa shape index (κ2) is 5.17. The number of anilines is 1. The van der Waals surface area contributed by atoms with Crippen molar-refractivity contribution >= 4 is 41.7 Å². The maximum absolute atomic E-state index is 12.8. The van der Waals surface area contributed by atoms with Crippen LogP contribution in [0.2, 0.25) is 10.0 Å². The van der Waals surface area contributed by atoms with Crippen LogP contribution in [0.15, 0.2) is 36.4 Å². The van der Waals surface area contributed by atoms with E-state index in [2.05, 4.69) is 17.5 Å². The van der Waals surface area contributed by atoms with Crippen molar-refractivity contribution in [2.75, 3.05) is 4.72 Å². The van der Waals surface area contributed by atoms with Gasteiger partial charge in [0.2, 0.25) is 0 Å². The Labute approximate surface area is 114 Å². The third kappa shape index (κ3) is 2.68. The maximum Gasteiger partial charge on any atom is 0.123 e. The smallest absolute Gasteiger partial charge is 0.123 e. The molecule has 2 aromatic rings. The molecule has 0 saturated carbocycles. The van der Waals surface area contributed by atoms with Crippen LogP contribution >= 0.6 is 36.0 Å². The van der Waals surface area contributed by atoms with Gasteiger partial charge in [0.25, 0.3) is 0 Å². The van der Waals surface area contributed by atoms with Gasteiger partial charge >= 0.3 is 0 Å². The molecule has 0 aromatic heterocycles. The Kier molecular flexibility index (Phi) is 3.82. The predicted molar refractivity (Wildman–Crippen MR) is 74.5 cm³/mol. The van der Waals surface area contributed by atoms with Gasteiger partial charge in [-0.15, -0.1) is 0 Å². The molecule has 2 aromatic carbocycles. The number of benzene rings is 2. The van der Waals surface area contributed by atoms with Gasteiger partial charge in [0.1, 0.15) is 5.82 Å². The fourth-order valence-electron chi connectivity index (χ4n) is 1.53. The molecule has 2 rings (SSSR count). The first-order valence-corrected chi connectivity index (χ1v) is 5.97. The van der Waals surface area contributed by atoms with Crippen LogP contribution in [0.4, 0.5) is 10.1 Å². The minimum atomic E-state index is -0.297. The number of nitrogens with one attached hydrogen (secondary N) is 1. The Bertz CT molecular complexity index is 520. The summed E-state index contributed by atoms with van der Waals surface area (Å²) in [7, 11) is 0. The summed E-state index contributed by atoms with van der Waals surface area (Å²) in [5, 5.41) is 0.973. The first-order chi connectivity index (χ1) is 8.11. The summed E-state index contributed by atoms with van der Waals surface area (Å²) < 4.78 is 15.5. The highest BCUT2D eigenvalue weighted by Gasteiger charge is 2.10. The highest BCUT2D eigenvalue weighted by molar-refractivity contribution is 7.81. The molecule has 0 aliphatic rings. The Morgan fingerprint density at radius 2 is 1.53 bits per heavy atom. The molecular weight excluding hydrogens is 280 g/mol. The number of halogens is 3. The van der Waals surface area contributed by atoms with E-state index in [9.17, 15) is 4.39 Å². The lowest BCUT2D eigenvalue weighted by Gasteiger charge is -2.09. The SMILES string of the molecule is Fc1ccc(-c2c(Cl)cc(NS)cc2Cl)cc1. The lowest BCUT2D eigenvalue weighted by Crippen LogP contribution is -1.86. The standard InChI is InChI=1S/C12H8Cl2FNS/c13-10-5-9(16-17)6-11(14)12(10)7-1-3-8(15)4-2-7/h1-6,16-17H. The topological polar surface area (TPSA) is 12.0 Å². The molecule has 0 atom stereocenters. The predicted octanol–water partition coefficient (Wildman–Crippen LogP) is 5.06. The van der Waals surface area contributed by atoms with E-state index in [1.54, 1.807) is 24.3 Å². The van der Waals surface area contributed by atoms with Gasteiger partial charge in [-0.2, -0.15) is 0 Å². The molecule has 1 nitrogen and oxygen atoms in total. The Hall–Kier alpha value is -0.900. The van der Waals surface area contributed by atoms with Crippen molar-refractivity contribution in [3.8, 4) is 11.1 Å². The van der Waals surface area contributed by atoms with Crippen LogP contribution in [-0.4, -0.2) is 0 Å². The van der Waals surface area contributed by atoms with E-state index in [4.69, 9.17) is 23.2 Å². The second-order valence-corrected chi connectivity index (χ2v) is 4.47. The highest BCUT2D eigenvalue weighted by Crippen LogP contribution is 2.37. The lowest BCUT2D eigenvalue weighted by molar-refractivity contribution is 0.628. The second-order valence-electron chi connectivity index (χ2n) is 3.43. The average Bonchev–Trinajstić information content (AvgIpc) is 2.30. The van der Waals surface area contributed by atoms with Crippen molar-refractivity contribution in [2.24, 2.45) is 0 Å². The Morgan fingerprint density at radius 3 is 2.00 bits per heavy atom. The van der Waals surface area contributed by atoms with Crippen LogP contribution in [0, 0.1) is 5.82 Å². The lowest BCUT2D eigenvalue weighted by atomic mass is 10.1. The van der Waals surface area contributed by atoms with Crippen molar-refractivity contribution in [2.45, 2.75) is 0 Å². The maximum atomic E-state index is 12.8. The first kappa shape index (κ1) is 12.6. The zero-order chi connectivity index (χ0) is 12.4.